The third-order valence-corrected chi connectivity index (χ3v) is 2.72. The van der Waals surface area contributed by atoms with Gasteiger partial charge in [-0.25, -0.2) is 0 Å². The molecule has 0 saturated heterocycles. The van der Waals surface area contributed by atoms with Gasteiger partial charge in [0, 0.05) is 11.3 Å². The molecular weight excluding hydrogens is 214 g/mol. The van der Waals surface area contributed by atoms with Gasteiger partial charge >= 0.3 is 0 Å². The highest BCUT2D eigenvalue weighted by molar-refractivity contribution is 5.50. The van der Waals surface area contributed by atoms with E-state index in [4.69, 9.17) is 10.5 Å². The second-order valence-corrected chi connectivity index (χ2v) is 3.80. The molecule has 0 aliphatic carbocycles. The Labute approximate surface area is 100 Å². The number of methoxy groups -OCH3 is 1. The lowest BCUT2D eigenvalue weighted by Crippen LogP contribution is -2.03. The number of benzene rings is 2. The topological polar surface area (TPSA) is 55.5 Å². The fourth-order valence-electron chi connectivity index (χ4n) is 1.73. The first kappa shape index (κ1) is 11.5. The fourth-order valence-corrected chi connectivity index (χ4v) is 1.73. The van der Waals surface area contributed by atoms with E-state index in [1.807, 2.05) is 42.5 Å². The van der Waals surface area contributed by atoms with Gasteiger partial charge in [-0.15, -0.1) is 0 Å². The largest absolute Gasteiger partial charge is 0.497 e. The van der Waals surface area contributed by atoms with Crippen LogP contribution in [0.5, 0.6) is 5.75 Å². The van der Waals surface area contributed by atoms with Crippen LogP contribution in [0.15, 0.2) is 48.5 Å². The molecule has 2 aromatic rings. The maximum atomic E-state index is 10.2. The fraction of sp³-hybridized carbons (Fsp3) is 0.143. The summed E-state index contributed by atoms with van der Waals surface area (Å²) < 4.78 is 5.07. The summed E-state index contributed by atoms with van der Waals surface area (Å²) in [5, 5.41) is 10.2. The number of aliphatic hydroxyl groups is 1. The molecule has 3 N–H and O–H groups in total. The monoisotopic (exact) mass is 229 g/mol. The smallest absolute Gasteiger partial charge is 0.118 e. The zero-order valence-corrected chi connectivity index (χ0v) is 9.63. The molecule has 0 radical (unpaired) electrons. The van der Waals surface area contributed by atoms with Crippen LogP contribution in [0.2, 0.25) is 0 Å². The van der Waals surface area contributed by atoms with Crippen LogP contribution in [-0.2, 0) is 0 Å². The molecule has 88 valence electrons. The van der Waals surface area contributed by atoms with Crippen molar-refractivity contribution in [3.8, 4) is 5.75 Å². The number of nitrogen functional groups attached to an aromatic ring is 1. The predicted molar refractivity (Wildman–Crippen MR) is 67.9 cm³/mol. The van der Waals surface area contributed by atoms with Crippen LogP contribution in [0, 0.1) is 0 Å². The summed E-state index contributed by atoms with van der Waals surface area (Å²) in [7, 11) is 1.61. The van der Waals surface area contributed by atoms with E-state index >= 15 is 0 Å². The summed E-state index contributed by atoms with van der Waals surface area (Å²) in [5.41, 5.74) is 7.94. The van der Waals surface area contributed by atoms with E-state index < -0.39 is 6.10 Å². The molecule has 0 heterocycles. The van der Waals surface area contributed by atoms with Gasteiger partial charge in [-0.3, -0.25) is 0 Å². The molecule has 0 aliphatic heterocycles. The van der Waals surface area contributed by atoms with Crippen molar-refractivity contribution in [2.75, 3.05) is 12.8 Å². The summed E-state index contributed by atoms with van der Waals surface area (Å²) >= 11 is 0. The molecular formula is C14H15NO2. The zero-order chi connectivity index (χ0) is 12.3. The number of hydrogen-bond acceptors (Lipinski definition) is 3. The van der Waals surface area contributed by atoms with Gasteiger partial charge in [-0.2, -0.15) is 0 Å². The van der Waals surface area contributed by atoms with E-state index in [2.05, 4.69) is 0 Å². The molecule has 0 spiro atoms. The molecule has 0 fully saturated rings. The van der Waals surface area contributed by atoms with Crippen molar-refractivity contribution in [1.82, 2.24) is 0 Å². The highest BCUT2D eigenvalue weighted by Crippen LogP contribution is 2.27. The van der Waals surface area contributed by atoms with Crippen LogP contribution in [-0.4, -0.2) is 12.2 Å². The summed E-state index contributed by atoms with van der Waals surface area (Å²) in [6.07, 6.45) is -0.706. The Morgan fingerprint density at radius 2 is 1.71 bits per heavy atom. The first-order valence-electron chi connectivity index (χ1n) is 5.39. The minimum atomic E-state index is -0.706. The molecule has 1 unspecified atom stereocenters. The standard InChI is InChI=1S/C14H15NO2/c1-17-11-8-6-10(7-9-11)14(16)12-4-2-3-5-13(12)15/h2-9,14,16H,15H2,1H3. The molecule has 0 amide bonds. The van der Waals surface area contributed by atoms with Crippen molar-refractivity contribution in [3.63, 3.8) is 0 Å². The summed E-state index contributed by atoms with van der Waals surface area (Å²) in [6.45, 7) is 0. The Morgan fingerprint density at radius 3 is 2.29 bits per heavy atom. The lowest BCUT2D eigenvalue weighted by molar-refractivity contribution is 0.221. The number of rotatable bonds is 3. The molecule has 0 aromatic heterocycles. The Morgan fingerprint density at radius 1 is 1.06 bits per heavy atom. The Kier molecular flexibility index (Phi) is 3.30. The van der Waals surface area contributed by atoms with Crippen molar-refractivity contribution in [2.45, 2.75) is 6.10 Å². The lowest BCUT2D eigenvalue weighted by atomic mass is 10.00. The first-order valence-corrected chi connectivity index (χ1v) is 5.39. The summed E-state index contributed by atoms with van der Waals surface area (Å²) in [4.78, 5) is 0. The molecule has 2 aromatic carbocycles. The molecule has 3 nitrogen and oxygen atoms in total. The number of aliphatic hydroxyl groups excluding tert-OH is 1. The van der Waals surface area contributed by atoms with Crippen molar-refractivity contribution in [1.29, 1.82) is 0 Å². The van der Waals surface area contributed by atoms with Crippen LogP contribution in [0.4, 0.5) is 5.69 Å². The van der Waals surface area contributed by atoms with E-state index in [9.17, 15) is 5.11 Å². The van der Waals surface area contributed by atoms with Gasteiger partial charge in [-0.1, -0.05) is 30.3 Å². The quantitative estimate of drug-likeness (QED) is 0.794. The molecule has 0 saturated carbocycles. The maximum Gasteiger partial charge on any atom is 0.118 e. The van der Waals surface area contributed by atoms with E-state index in [-0.39, 0.29) is 0 Å². The summed E-state index contributed by atoms with van der Waals surface area (Å²) in [5.74, 6) is 0.766. The van der Waals surface area contributed by atoms with Crippen LogP contribution in [0.3, 0.4) is 0 Å². The number of ether oxygens (including phenoxy) is 1. The van der Waals surface area contributed by atoms with E-state index in [1.54, 1.807) is 13.2 Å². The molecule has 17 heavy (non-hydrogen) atoms. The molecule has 3 heteroatoms. The second-order valence-electron chi connectivity index (χ2n) is 3.80. The van der Waals surface area contributed by atoms with E-state index in [0.717, 1.165) is 16.9 Å². The van der Waals surface area contributed by atoms with E-state index in [1.165, 1.54) is 0 Å². The SMILES string of the molecule is COc1ccc(C(O)c2ccccc2N)cc1. The highest BCUT2D eigenvalue weighted by Gasteiger charge is 2.12. The van der Waals surface area contributed by atoms with Crippen LogP contribution >= 0.6 is 0 Å². The van der Waals surface area contributed by atoms with Gasteiger partial charge in [0.2, 0.25) is 0 Å². The van der Waals surface area contributed by atoms with Gasteiger partial charge in [0.1, 0.15) is 11.9 Å². The third kappa shape index (κ3) is 2.40. The predicted octanol–water partition coefficient (Wildman–Crippen LogP) is 2.36. The Bertz CT molecular complexity index is 494. The lowest BCUT2D eigenvalue weighted by Gasteiger charge is -2.14. The van der Waals surface area contributed by atoms with Gasteiger partial charge in [-0.05, 0) is 23.8 Å². The molecule has 0 aliphatic rings. The van der Waals surface area contributed by atoms with Gasteiger partial charge in [0.05, 0.1) is 7.11 Å². The Balaban J connectivity index is 2.30. The highest BCUT2D eigenvalue weighted by atomic mass is 16.5. The minimum absolute atomic E-state index is 0.593. The number of hydrogen-bond donors (Lipinski definition) is 2. The number of para-hydroxylation sites is 1. The number of anilines is 1. The normalized spacial score (nSPS) is 12.1. The van der Waals surface area contributed by atoms with Crippen LogP contribution in [0.1, 0.15) is 17.2 Å². The second kappa shape index (κ2) is 4.89. The molecule has 2 rings (SSSR count). The minimum Gasteiger partial charge on any atom is -0.497 e. The first-order chi connectivity index (χ1) is 8.22. The zero-order valence-electron chi connectivity index (χ0n) is 9.63. The van der Waals surface area contributed by atoms with Gasteiger partial charge in [0.15, 0.2) is 0 Å². The maximum absolute atomic E-state index is 10.2. The number of nitrogens with two attached hydrogens (primary N) is 1. The Hall–Kier alpha value is -2.00. The van der Waals surface area contributed by atoms with Gasteiger partial charge < -0.3 is 15.6 Å². The molecule has 1 atom stereocenters. The summed E-state index contributed by atoms with van der Waals surface area (Å²) in [6, 6.07) is 14.6. The van der Waals surface area contributed by atoms with Crippen LogP contribution < -0.4 is 10.5 Å². The third-order valence-electron chi connectivity index (χ3n) is 2.72. The van der Waals surface area contributed by atoms with E-state index in [0.29, 0.717) is 5.69 Å². The van der Waals surface area contributed by atoms with Gasteiger partial charge in [0.25, 0.3) is 0 Å². The van der Waals surface area contributed by atoms with Crippen molar-refractivity contribution < 1.29 is 9.84 Å². The van der Waals surface area contributed by atoms with Crippen molar-refractivity contribution in [3.05, 3.63) is 59.7 Å². The van der Waals surface area contributed by atoms with Crippen molar-refractivity contribution >= 4 is 5.69 Å². The van der Waals surface area contributed by atoms with Crippen LogP contribution in [0.25, 0.3) is 0 Å². The average molecular weight is 229 g/mol. The average Bonchev–Trinajstić information content (AvgIpc) is 2.39. The van der Waals surface area contributed by atoms with Crippen molar-refractivity contribution in [2.24, 2.45) is 0 Å². The molecule has 0 bridgehead atoms.